The first-order valence-corrected chi connectivity index (χ1v) is 8.73. The van der Waals surface area contributed by atoms with Crippen molar-refractivity contribution in [3.05, 3.63) is 0 Å². The topological polar surface area (TPSA) is 39.7 Å². The predicted octanol–water partition coefficient (Wildman–Crippen LogP) is 3.72. The fraction of sp³-hybridized carbons (Fsp3) is 0.941. The summed E-state index contributed by atoms with van der Waals surface area (Å²) >= 11 is 0. The van der Waals surface area contributed by atoms with Crippen LogP contribution in [0.5, 0.6) is 0 Å². The third kappa shape index (κ3) is 18.0. The van der Waals surface area contributed by atoms with E-state index in [1.807, 2.05) is 0 Å². The molecule has 0 radical (unpaired) electrons. The normalized spacial score (nSPS) is 11.7. The number of hydrogen-bond donors (Lipinski definition) is 2. The van der Waals surface area contributed by atoms with Gasteiger partial charge < -0.3 is 15.5 Å². The standard InChI is InChI=1S/C17H38N4.HI/c1-6-18-17(20-14-12-16(2)3)19-13-10-8-7-9-11-15-21(4)5;/h16H,6-15H2,1-5H3,(H2,18,19,20);1H. The highest BCUT2D eigenvalue weighted by Gasteiger charge is 1.98. The Hall–Kier alpha value is -0.0400. The van der Waals surface area contributed by atoms with Crippen molar-refractivity contribution in [2.24, 2.45) is 10.9 Å². The molecule has 2 N–H and O–H groups in total. The minimum Gasteiger partial charge on any atom is -0.357 e. The molecule has 4 nitrogen and oxygen atoms in total. The van der Waals surface area contributed by atoms with Crippen LogP contribution >= 0.6 is 24.0 Å². The molecule has 0 aromatic rings. The zero-order valence-electron chi connectivity index (χ0n) is 15.5. The summed E-state index contributed by atoms with van der Waals surface area (Å²) < 4.78 is 0. The fourth-order valence-corrected chi connectivity index (χ4v) is 2.08. The molecular weight excluding hydrogens is 387 g/mol. The molecule has 0 aromatic carbocycles. The number of hydrogen-bond acceptors (Lipinski definition) is 2. The minimum atomic E-state index is 0. The quantitative estimate of drug-likeness (QED) is 0.216. The molecule has 0 spiro atoms. The average Bonchev–Trinajstić information content (AvgIpc) is 2.40. The van der Waals surface area contributed by atoms with E-state index < -0.39 is 0 Å². The number of halogens is 1. The van der Waals surface area contributed by atoms with Gasteiger partial charge >= 0.3 is 0 Å². The molecule has 0 saturated heterocycles. The van der Waals surface area contributed by atoms with Crippen LogP contribution < -0.4 is 10.6 Å². The molecule has 134 valence electrons. The molecule has 0 saturated carbocycles. The second kappa shape index (κ2) is 17.3. The zero-order valence-corrected chi connectivity index (χ0v) is 17.8. The van der Waals surface area contributed by atoms with Crippen molar-refractivity contribution in [1.82, 2.24) is 15.5 Å². The van der Waals surface area contributed by atoms with Crippen LogP contribution in [0, 0.1) is 5.92 Å². The van der Waals surface area contributed by atoms with E-state index in [-0.39, 0.29) is 24.0 Å². The Morgan fingerprint density at radius 1 is 1.00 bits per heavy atom. The van der Waals surface area contributed by atoms with Crippen LogP contribution in [0.3, 0.4) is 0 Å². The highest BCUT2D eigenvalue weighted by molar-refractivity contribution is 14.0. The maximum Gasteiger partial charge on any atom is 0.191 e. The highest BCUT2D eigenvalue weighted by Crippen LogP contribution is 2.03. The summed E-state index contributed by atoms with van der Waals surface area (Å²) in [5, 5.41) is 6.72. The van der Waals surface area contributed by atoms with Gasteiger partial charge in [0.05, 0.1) is 0 Å². The van der Waals surface area contributed by atoms with Gasteiger partial charge in [-0.1, -0.05) is 33.1 Å². The van der Waals surface area contributed by atoms with Gasteiger partial charge in [0.1, 0.15) is 0 Å². The van der Waals surface area contributed by atoms with E-state index in [9.17, 15) is 0 Å². The number of nitrogens with one attached hydrogen (secondary N) is 2. The van der Waals surface area contributed by atoms with E-state index >= 15 is 0 Å². The zero-order chi connectivity index (χ0) is 15.9. The lowest BCUT2D eigenvalue weighted by atomic mass is 10.1. The molecule has 0 bridgehead atoms. The number of rotatable bonds is 12. The average molecular weight is 426 g/mol. The molecule has 0 unspecified atom stereocenters. The SMILES string of the molecule is CCNC(=NCCCCCCCN(C)C)NCCC(C)C.I. The lowest BCUT2D eigenvalue weighted by Gasteiger charge is -2.12. The van der Waals surface area contributed by atoms with Crippen LogP contribution in [0.15, 0.2) is 4.99 Å². The molecule has 0 atom stereocenters. The van der Waals surface area contributed by atoms with E-state index in [1.54, 1.807) is 0 Å². The van der Waals surface area contributed by atoms with Gasteiger partial charge in [-0.25, -0.2) is 0 Å². The number of aliphatic imine (C=N–C) groups is 1. The molecule has 0 heterocycles. The first kappa shape index (κ1) is 24.2. The summed E-state index contributed by atoms with van der Waals surface area (Å²) in [6, 6.07) is 0. The second-order valence-corrected chi connectivity index (χ2v) is 6.44. The summed E-state index contributed by atoms with van der Waals surface area (Å²) in [4.78, 5) is 6.90. The second-order valence-electron chi connectivity index (χ2n) is 6.44. The van der Waals surface area contributed by atoms with Gasteiger partial charge in [-0.05, 0) is 52.7 Å². The Labute approximate surface area is 155 Å². The Kier molecular flexibility index (Phi) is 19.1. The fourth-order valence-electron chi connectivity index (χ4n) is 2.08. The molecule has 5 heteroatoms. The summed E-state index contributed by atoms with van der Waals surface area (Å²) in [5.41, 5.74) is 0. The van der Waals surface area contributed by atoms with E-state index in [0.29, 0.717) is 0 Å². The Morgan fingerprint density at radius 2 is 1.64 bits per heavy atom. The first-order chi connectivity index (χ1) is 10.1. The van der Waals surface area contributed by atoms with Crippen molar-refractivity contribution >= 4 is 29.9 Å². The van der Waals surface area contributed by atoms with Gasteiger partial charge in [-0.2, -0.15) is 0 Å². The third-order valence-corrected chi connectivity index (χ3v) is 3.39. The summed E-state index contributed by atoms with van der Waals surface area (Å²) in [7, 11) is 4.28. The molecule has 0 aliphatic carbocycles. The maximum absolute atomic E-state index is 4.64. The molecule has 22 heavy (non-hydrogen) atoms. The molecule has 0 fully saturated rings. The molecular formula is C17H39IN4. The molecule has 0 aromatic heterocycles. The number of nitrogens with zero attached hydrogens (tertiary/aromatic N) is 2. The van der Waals surface area contributed by atoms with Crippen LogP contribution in [0.1, 0.15) is 59.3 Å². The van der Waals surface area contributed by atoms with Crippen molar-refractivity contribution in [3.63, 3.8) is 0 Å². The largest absolute Gasteiger partial charge is 0.357 e. The molecule has 0 aliphatic heterocycles. The lowest BCUT2D eigenvalue weighted by Crippen LogP contribution is -2.38. The van der Waals surface area contributed by atoms with Crippen LogP contribution in [0.2, 0.25) is 0 Å². The van der Waals surface area contributed by atoms with Crippen molar-refractivity contribution in [1.29, 1.82) is 0 Å². The Morgan fingerprint density at radius 3 is 2.23 bits per heavy atom. The maximum atomic E-state index is 4.64. The Bertz CT molecular complexity index is 255. The van der Waals surface area contributed by atoms with Crippen LogP contribution in [0.25, 0.3) is 0 Å². The van der Waals surface area contributed by atoms with Crippen molar-refractivity contribution < 1.29 is 0 Å². The van der Waals surface area contributed by atoms with Crippen molar-refractivity contribution in [2.45, 2.75) is 59.3 Å². The summed E-state index contributed by atoms with van der Waals surface area (Å²) in [6.45, 7) is 10.7. The van der Waals surface area contributed by atoms with E-state index in [1.165, 1.54) is 45.1 Å². The van der Waals surface area contributed by atoms with E-state index in [2.05, 4.69) is 55.4 Å². The van der Waals surface area contributed by atoms with Gasteiger partial charge in [-0.15, -0.1) is 24.0 Å². The highest BCUT2D eigenvalue weighted by atomic mass is 127. The van der Waals surface area contributed by atoms with Crippen LogP contribution in [-0.2, 0) is 0 Å². The van der Waals surface area contributed by atoms with E-state index in [4.69, 9.17) is 0 Å². The summed E-state index contributed by atoms with van der Waals surface area (Å²) in [5.74, 6) is 1.72. The van der Waals surface area contributed by atoms with E-state index in [0.717, 1.165) is 31.5 Å². The van der Waals surface area contributed by atoms with Crippen molar-refractivity contribution in [2.75, 3.05) is 40.3 Å². The van der Waals surface area contributed by atoms with Gasteiger partial charge in [0.15, 0.2) is 5.96 Å². The smallest absolute Gasteiger partial charge is 0.191 e. The summed E-state index contributed by atoms with van der Waals surface area (Å²) in [6.07, 6.45) is 7.67. The third-order valence-electron chi connectivity index (χ3n) is 3.39. The first-order valence-electron chi connectivity index (χ1n) is 8.73. The monoisotopic (exact) mass is 426 g/mol. The molecule has 0 aliphatic rings. The van der Waals surface area contributed by atoms with Crippen LogP contribution in [-0.4, -0.2) is 51.1 Å². The predicted molar refractivity (Wildman–Crippen MR) is 110 cm³/mol. The van der Waals surface area contributed by atoms with Gasteiger partial charge in [0.25, 0.3) is 0 Å². The Balaban J connectivity index is 0. The minimum absolute atomic E-state index is 0. The molecule has 0 amide bonds. The van der Waals surface area contributed by atoms with Crippen LogP contribution in [0.4, 0.5) is 0 Å². The van der Waals surface area contributed by atoms with Gasteiger partial charge in [0.2, 0.25) is 0 Å². The van der Waals surface area contributed by atoms with Gasteiger partial charge in [0, 0.05) is 19.6 Å². The van der Waals surface area contributed by atoms with Crippen molar-refractivity contribution in [3.8, 4) is 0 Å². The molecule has 0 rings (SSSR count). The lowest BCUT2D eigenvalue weighted by molar-refractivity contribution is 0.390. The number of guanidine groups is 1. The number of unbranched alkanes of at least 4 members (excludes halogenated alkanes) is 4. The van der Waals surface area contributed by atoms with Gasteiger partial charge in [-0.3, -0.25) is 4.99 Å².